The smallest absolute Gasteiger partial charge is 0.130 e. The van der Waals surface area contributed by atoms with Crippen molar-refractivity contribution in [2.45, 2.75) is 19.4 Å². The van der Waals surface area contributed by atoms with E-state index in [9.17, 15) is 4.39 Å². The van der Waals surface area contributed by atoms with Crippen LogP contribution in [0.15, 0.2) is 46.9 Å². The quantitative estimate of drug-likeness (QED) is 0.666. The molecule has 1 atom stereocenters. The molecule has 2 aromatic carbocycles. The van der Waals surface area contributed by atoms with Crippen molar-refractivity contribution < 1.29 is 4.39 Å². The van der Waals surface area contributed by atoms with E-state index >= 15 is 0 Å². The van der Waals surface area contributed by atoms with E-state index in [1.807, 2.05) is 30.3 Å². The first kappa shape index (κ1) is 14.2. The molecule has 0 aliphatic heterocycles. The van der Waals surface area contributed by atoms with Crippen LogP contribution in [0.3, 0.4) is 0 Å². The Morgan fingerprint density at radius 3 is 2.53 bits per heavy atom. The Morgan fingerprint density at radius 2 is 1.89 bits per heavy atom. The number of nitrogens with one attached hydrogen (secondary N) is 1. The first-order chi connectivity index (χ1) is 9.11. The average molecular weight is 323 g/mol. The fraction of sp³-hybridized carbons (Fsp3) is 0.200. The molecule has 100 valence electrons. The number of nitrogens with two attached hydrogens (primary N) is 1. The second-order valence-corrected chi connectivity index (χ2v) is 5.44. The van der Waals surface area contributed by atoms with Crippen molar-refractivity contribution in [2.24, 2.45) is 5.84 Å². The molecule has 0 amide bonds. The number of hydrogen-bond acceptors (Lipinski definition) is 2. The third-order valence-corrected chi connectivity index (χ3v) is 3.68. The van der Waals surface area contributed by atoms with Gasteiger partial charge < -0.3 is 0 Å². The van der Waals surface area contributed by atoms with Crippen molar-refractivity contribution >= 4 is 15.9 Å². The highest BCUT2D eigenvalue weighted by Crippen LogP contribution is 2.23. The Kier molecular flexibility index (Phi) is 4.69. The molecule has 3 N–H and O–H groups in total. The van der Waals surface area contributed by atoms with Gasteiger partial charge in [0, 0.05) is 10.0 Å². The molecule has 2 rings (SSSR count). The molecule has 0 heterocycles. The van der Waals surface area contributed by atoms with Gasteiger partial charge in [0.2, 0.25) is 0 Å². The van der Waals surface area contributed by atoms with Gasteiger partial charge in [-0.3, -0.25) is 11.3 Å². The monoisotopic (exact) mass is 322 g/mol. The summed E-state index contributed by atoms with van der Waals surface area (Å²) in [5, 5.41) is 0. The van der Waals surface area contributed by atoms with Crippen LogP contribution in [-0.4, -0.2) is 0 Å². The molecule has 0 aliphatic rings. The third kappa shape index (κ3) is 3.41. The van der Waals surface area contributed by atoms with E-state index in [1.54, 1.807) is 19.1 Å². The Bertz CT molecular complexity index is 555. The fourth-order valence-corrected chi connectivity index (χ4v) is 2.32. The molecule has 0 aliphatic carbocycles. The standard InChI is InChI=1S/C15H16BrFN2/c1-10-3-2-4-13(15(10)17)14(19-18)9-11-5-7-12(16)8-6-11/h2-8,14,19H,9,18H2,1H3. The van der Waals surface area contributed by atoms with E-state index in [4.69, 9.17) is 5.84 Å². The van der Waals surface area contributed by atoms with Crippen molar-refractivity contribution in [3.8, 4) is 0 Å². The second kappa shape index (κ2) is 6.28. The fourth-order valence-electron chi connectivity index (χ4n) is 2.05. The van der Waals surface area contributed by atoms with Gasteiger partial charge in [-0.1, -0.05) is 46.3 Å². The maximum atomic E-state index is 14.1. The van der Waals surface area contributed by atoms with Crippen LogP contribution in [0.5, 0.6) is 0 Å². The van der Waals surface area contributed by atoms with Crippen LogP contribution in [0.2, 0.25) is 0 Å². The number of aryl methyl sites for hydroxylation is 1. The number of rotatable bonds is 4. The van der Waals surface area contributed by atoms with Gasteiger partial charge in [0.05, 0.1) is 6.04 Å². The zero-order valence-corrected chi connectivity index (χ0v) is 12.2. The topological polar surface area (TPSA) is 38.0 Å². The van der Waals surface area contributed by atoms with Crippen LogP contribution in [0.4, 0.5) is 4.39 Å². The molecule has 1 unspecified atom stereocenters. The molecule has 0 saturated carbocycles. The van der Waals surface area contributed by atoms with Gasteiger partial charge in [-0.05, 0) is 36.6 Å². The minimum absolute atomic E-state index is 0.192. The maximum absolute atomic E-state index is 14.1. The molecule has 19 heavy (non-hydrogen) atoms. The van der Waals surface area contributed by atoms with Crippen molar-refractivity contribution in [3.63, 3.8) is 0 Å². The summed E-state index contributed by atoms with van der Waals surface area (Å²) in [7, 11) is 0. The van der Waals surface area contributed by atoms with Crippen LogP contribution < -0.4 is 11.3 Å². The summed E-state index contributed by atoms with van der Waals surface area (Å²) in [6, 6.07) is 13.1. The summed E-state index contributed by atoms with van der Waals surface area (Å²) in [6.45, 7) is 1.76. The summed E-state index contributed by atoms with van der Waals surface area (Å²) >= 11 is 3.39. The Morgan fingerprint density at radius 1 is 1.21 bits per heavy atom. The first-order valence-corrected chi connectivity index (χ1v) is 6.86. The molecule has 4 heteroatoms. The molecule has 0 aromatic heterocycles. The summed E-state index contributed by atoms with van der Waals surface area (Å²) in [5.74, 6) is 5.38. The zero-order chi connectivity index (χ0) is 13.8. The van der Waals surface area contributed by atoms with E-state index in [0.29, 0.717) is 17.5 Å². The second-order valence-electron chi connectivity index (χ2n) is 4.53. The number of benzene rings is 2. The number of hydrazine groups is 1. The minimum Gasteiger partial charge on any atom is -0.271 e. The Labute approximate surface area is 120 Å². The summed E-state index contributed by atoms with van der Waals surface area (Å²) < 4.78 is 15.1. The summed E-state index contributed by atoms with van der Waals surface area (Å²) in [6.07, 6.45) is 0.643. The predicted octanol–water partition coefficient (Wildman–Crippen LogP) is 3.64. The van der Waals surface area contributed by atoms with Gasteiger partial charge in [-0.15, -0.1) is 0 Å². The molecule has 0 saturated heterocycles. The summed E-state index contributed by atoms with van der Waals surface area (Å²) in [5.41, 5.74) is 5.04. The van der Waals surface area contributed by atoms with Gasteiger partial charge in [0.25, 0.3) is 0 Å². The van der Waals surface area contributed by atoms with E-state index < -0.39 is 0 Å². The van der Waals surface area contributed by atoms with E-state index in [0.717, 1.165) is 10.0 Å². The van der Waals surface area contributed by atoms with E-state index in [2.05, 4.69) is 21.4 Å². The van der Waals surface area contributed by atoms with Crippen LogP contribution in [0.25, 0.3) is 0 Å². The van der Waals surface area contributed by atoms with Gasteiger partial charge in [0.15, 0.2) is 0 Å². The van der Waals surface area contributed by atoms with Crippen molar-refractivity contribution in [3.05, 3.63) is 69.4 Å². The maximum Gasteiger partial charge on any atom is 0.130 e. The van der Waals surface area contributed by atoms with Crippen LogP contribution in [0, 0.1) is 12.7 Å². The van der Waals surface area contributed by atoms with Gasteiger partial charge in [-0.25, -0.2) is 4.39 Å². The van der Waals surface area contributed by atoms with Crippen molar-refractivity contribution in [1.82, 2.24) is 5.43 Å². The molecule has 2 aromatic rings. The molecule has 0 spiro atoms. The largest absolute Gasteiger partial charge is 0.271 e. The van der Waals surface area contributed by atoms with Gasteiger partial charge in [-0.2, -0.15) is 0 Å². The lowest BCUT2D eigenvalue weighted by atomic mass is 9.97. The lowest BCUT2D eigenvalue weighted by Gasteiger charge is -2.18. The van der Waals surface area contributed by atoms with Crippen LogP contribution >= 0.6 is 15.9 Å². The number of hydrogen-bond donors (Lipinski definition) is 2. The first-order valence-electron chi connectivity index (χ1n) is 6.07. The predicted molar refractivity (Wildman–Crippen MR) is 79.0 cm³/mol. The van der Waals surface area contributed by atoms with E-state index in [-0.39, 0.29) is 11.9 Å². The third-order valence-electron chi connectivity index (χ3n) is 3.15. The number of halogens is 2. The van der Waals surface area contributed by atoms with Crippen molar-refractivity contribution in [2.75, 3.05) is 0 Å². The zero-order valence-electron chi connectivity index (χ0n) is 10.7. The SMILES string of the molecule is Cc1cccc(C(Cc2ccc(Br)cc2)NN)c1F. The highest BCUT2D eigenvalue weighted by molar-refractivity contribution is 9.10. The Hall–Kier alpha value is -1.23. The van der Waals surface area contributed by atoms with Gasteiger partial charge >= 0.3 is 0 Å². The van der Waals surface area contributed by atoms with E-state index in [1.165, 1.54) is 0 Å². The van der Waals surface area contributed by atoms with Gasteiger partial charge in [0.1, 0.15) is 5.82 Å². The minimum atomic E-state index is -0.235. The molecule has 0 radical (unpaired) electrons. The molecule has 0 bridgehead atoms. The Balaban J connectivity index is 2.25. The van der Waals surface area contributed by atoms with Crippen LogP contribution in [-0.2, 0) is 6.42 Å². The van der Waals surface area contributed by atoms with Crippen LogP contribution in [0.1, 0.15) is 22.7 Å². The lowest BCUT2D eigenvalue weighted by molar-refractivity contribution is 0.507. The summed E-state index contributed by atoms with van der Waals surface area (Å²) in [4.78, 5) is 0. The molecular formula is C15H16BrFN2. The molecule has 2 nitrogen and oxygen atoms in total. The average Bonchev–Trinajstić information content (AvgIpc) is 2.42. The highest BCUT2D eigenvalue weighted by atomic mass is 79.9. The normalized spacial score (nSPS) is 12.4. The lowest BCUT2D eigenvalue weighted by Crippen LogP contribution is -2.30. The molecule has 0 fully saturated rings. The molecular weight excluding hydrogens is 307 g/mol. The van der Waals surface area contributed by atoms with Crippen molar-refractivity contribution in [1.29, 1.82) is 0 Å². The highest BCUT2D eigenvalue weighted by Gasteiger charge is 2.16.